The summed E-state index contributed by atoms with van der Waals surface area (Å²) in [6.07, 6.45) is 3.70. The van der Waals surface area contributed by atoms with Crippen LogP contribution in [-0.2, 0) is 11.3 Å². The lowest BCUT2D eigenvalue weighted by atomic mass is 9.91. The second-order valence-corrected chi connectivity index (χ2v) is 4.89. The normalized spacial score (nSPS) is 19.4. The minimum absolute atomic E-state index is 0.408. The number of halogens is 1. The molecular weight excluding hydrogens is 242 g/mol. The summed E-state index contributed by atoms with van der Waals surface area (Å²) >= 11 is 6.17. The molecule has 92 valence electrons. The van der Waals surface area contributed by atoms with E-state index < -0.39 is 5.79 Å². The fraction of sp³-hybridized carbons (Fsp3) is 0.500. The lowest BCUT2D eigenvalue weighted by molar-refractivity contribution is -0.138. The van der Waals surface area contributed by atoms with Gasteiger partial charge < -0.3 is 14.3 Å². The molecule has 1 aliphatic heterocycles. The quantitative estimate of drug-likeness (QED) is 0.843. The first-order valence-electron chi connectivity index (χ1n) is 5.75. The molecule has 1 fully saturated rings. The van der Waals surface area contributed by atoms with Crippen LogP contribution < -0.4 is 15.4 Å². The molecule has 0 radical (unpaired) electrons. The van der Waals surface area contributed by atoms with Crippen LogP contribution in [0.5, 0.6) is 11.5 Å². The summed E-state index contributed by atoms with van der Waals surface area (Å²) in [4.78, 5) is 4.56. The van der Waals surface area contributed by atoms with E-state index in [1.54, 1.807) is 0 Å². The van der Waals surface area contributed by atoms with Gasteiger partial charge in [-0.2, -0.15) is 0 Å². The summed E-state index contributed by atoms with van der Waals surface area (Å²) in [6.45, 7) is 0.435. The number of rotatable bonds is 3. The molecule has 0 bridgehead atoms. The van der Waals surface area contributed by atoms with E-state index in [1.807, 2.05) is 12.1 Å². The zero-order chi connectivity index (χ0) is 11.9. The molecule has 1 saturated carbocycles. The van der Waals surface area contributed by atoms with Gasteiger partial charge in [0.1, 0.15) is 0 Å². The van der Waals surface area contributed by atoms with Gasteiger partial charge in [0, 0.05) is 23.9 Å². The maximum absolute atomic E-state index is 6.17. The molecule has 0 amide bonds. The van der Waals surface area contributed by atoms with Gasteiger partial charge in [-0.05, 0) is 24.5 Å². The van der Waals surface area contributed by atoms with Crippen LogP contribution in [0.1, 0.15) is 24.8 Å². The molecule has 1 spiro atoms. The fourth-order valence-electron chi connectivity index (χ4n) is 2.19. The second-order valence-electron chi connectivity index (χ2n) is 4.48. The van der Waals surface area contributed by atoms with E-state index in [0.717, 1.165) is 36.3 Å². The van der Waals surface area contributed by atoms with Crippen molar-refractivity contribution in [1.29, 1.82) is 0 Å². The summed E-state index contributed by atoms with van der Waals surface area (Å²) in [7, 11) is 0. The lowest BCUT2D eigenvalue weighted by Gasteiger charge is -2.35. The molecule has 0 atom stereocenters. The molecule has 0 aromatic heterocycles. The van der Waals surface area contributed by atoms with Gasteiger partial charge in [-0.3, -0.25) is 0 Å². The molecule has 0 unspecified atom stereocenters. The van der Waals surface area contributed by atoms with Gasteiger partial charge in [0.15, 0.2) is 11.5 Å². The Morgan fingerprint density at radius 3 is 2.59 bits per heavy atom. The Labute approximate surface area is 105 Å². The molecule has 4 nitrogen and oxygen atoms in total. The summed E-state index contributed by atoms with van der Waals surface area (Å²) in [5.74, 6) is 6.13. The molecule has 1 aliphatic carbocycles. The number of ether oxygens (including phenoxy) is 2. The standard InChI is InChI=1S/C12H14ClNO3/c13-9-7-11-10(6-8(9)2-5-15-14)16-12(17-11)3-1-4-12/h6-7H,1-5,14H2. The van der Waals surface area contributed by atoms with Crippen molar-refractivity contribution in [3.63, 3.8) is 0 Å². The molecule has 1 aromatic carbocycles. The summed E-state index contributed by atoms with van der Waals surface area (Å²) in [5, 5.41) is 0.667. The number of nitrogens with two attached hydrogens (primary N) is 1. The Hall–Kier alpha value is -0.970. The zero-order valence-corrected chi connectivity index (χ0v) is 10.1. The first-order chi connectivity index (χ1) is 8.22. The van der Waals surface area contributed by atoms with Gasteiger partial charge in [-0.15, -0.1) is 0 Å². The van der Waals surface area contributed by atoms with Crippen molar-refractivity contribution in [1.82, 2.24) is 0 Å². The van der Waals surface area contributed by atoms with Crippen LogP contribution in [0, 0.1) is 0 Å². The zero-order valence-electron chi connectivity index (χ0n) is 9.37. The van der Waals surface area contributed by atoms with Crippen LogP contribution in [0.4, 0.5) is 0 Å². The molecule has 2 aliphatic rings. The van der Waals surface area contributed by atoms with Crippen LogP contribution in [0.2, 0.25) is 5.02 Å². The molecular formula is C12H14ClNO3. The second kappa shape index (κ2) is 4.05. The van der Waals surface area contributed by atoms with Crippen molar-refractivity contribution in [3.8, 4) is 11.5 Å². The topological polar surface area (TPSA) is 53.7 Å². The van der Waals surface area contributed by atoms with Crippen molar-refractivity contribution in [2.24, 2.45) is 5.90 Å². The molecule has 2 N–H and O–H groups in total. The number of hydrogen-bond donors (Lipinski definition) is 1. The SMILES string of the molecule is NOCCc1cc2c(cc1Cl)OC1(CCC1)O2. The summed E-state index contributed by atoms with van der Waals surface area (Å²) in [6, 6.07) is 3.74. The van der Waals surface area contributed by atoms with E-state index in [4.69, 9.17) is 27.0 Å². The van der Waals surface area contributed by atoms with Gasteiger partial charge >= 0.3 is 0 Å². The Kier molecular flexibility index (Phi) is 2.65. The van der Waals surface area contributed by atoms with E-state index in [1.165, 1.54) is 0 Å². The molecule has 1 aromatic rings. The predicted octanol–water partition coefficient (Wildman–Crippen LogP) is 2.42. The average molecular weight is 256 g/mol. The number of fused-ring (bicyclic) bond motifs is 1. The fourth-order valence-corrected chi connectivity index (χ4v) is 2.44. The highest BCUT2D eigenvalue weighted by Crippen LogP contribution is 2.49. The molecule has 3 rings (SSSR count). The monoisotopic (exact) mass is 255 g/mol. The van der Waals surface area contributed by atoms with Crippen molar-refractivity contribution < 1.29 is 14.3 Å². The third-order valence-corrected chi connectivity index (χ3v) is 3.66. The largest absolute Gasteiger partial charge is 0.448 e. The van der Waals surface area contributed by atoms with E-state index in [9.17, 15) is 0 Å². The van der Waals surface area contributed by atoms with Crippen LogP contribution >= 0.6 is 11.6 Å². The highest BCUT2D eigenvalue weighted by atomic mass is 35.5. The average Bonchev–Trinajstić information content (AvgIpc) is 2.64. The minimum Gasteiger partial charge on any atom is -0.448 e. The van der Waals surface area contributed by atoms with E-state index >= 15 is 0 Å². The van der Waals surface area contributed by atoms with Crippen molar-refractivity contribution >= 4 is 11.6 Å². The molecule has 1 heterocycles. The van der Waals surface area contributed by atoms with E-state index in [0.29, 0.717) is 18.1 Å². The van der Waals surface area contributed by atoms with Crippen LogP contribution in [0.15, 0.2) is 12.1 Å². The number of benzene rings is 1. The third kappa shape index (κ3) is 1.86. The van der Waals surface area contributed by atoms with E-state index in [2.05, 4.69) is 4.84 Å². The van der Waals surface area contributed by atoms with Crippen LogP contribution in [0.25, 0.3) is 0 Å². The highest BCUT2D eigenvalue weighted by molar-refractivity contribution is 6.31. The maximum Gasteiger partial charge on any atom is 0.251 e. The predicted molar refractivity (Wildman–Crippen MR) is 63.1 cm³/mol. The lowest BCUT2D eigenvalue weighted by Crippen LogP contribution is -2.45. The Morgan fingerprint density at radius 1 is 1.29 bits per heavy atom. The highest BCUT2D eigenvalue weighted by Gasteiger charge is 2.47. The maximum atomic E-state index is 6.17. The Morgan fingerprint density at radius 2 is 2.00 bits per heavy atom. The smallest absolute Gasteiger partial charge is 0.251 e. The van der Waals surface area contributed by atoms with Gasteiger partial charge in [-0.25, -0.2) is 5.90 Å². The molecule has 17 heavy (non-hydrogen) atoms. The Balaban J connectivity index is 1.85. The van der Waals surface area contributed by atoms with E-state index in [-0.39, 0.29) is 0 Å². The van der Waals surface area contributed by atoms with Crippen LogP contribution in [0.3, 0.4) is 0 Å². The molecule has 5 heteroatoms. The van der Waals surface area contributed by atoms with Crippen molar-refractivity contribution in [3.05, 3.63) is 22.7 Å². The van der Waals surface area contributed by atoms with Crippen molar-refractivity contribution in [2.75, 3.05) is 6.61 Å². The van der Waals surface area contributed by atoms with Crippen molar-refractivity contribution in [2.45, 2.75) is 31.5 Å². The minimum atomic E-state index is -0.408. The summed E-state index contributed by atoms with van der Waals surface area (Å²) in [5.41, 5.74) is 0.968. The molecule has 0 saturated heterocycles. The van der Waals surface area contributed by atoms with Gasteiger partial charge in [-0.1, -0.05) is 11.6 Å². The van der Waals surface area contributed by atoms with Gasteiger partial charge in [0.25, 0.3) is 5.79 Å². The third-order valence-electron chi connectivity index (χ3n) is 3.31. The first-order valence-corrected chi connectivity index (χ1v) is 6.12. The number of hydrogen-bond acceptors (Lipinski definition) is 4. The van der Waals surface area contributed by atoms with Gasteiger partial charge in [0.2, 0.25) is 0 Å². The van der Waals surface area contributed by atoms with Crippen LogP contribution in [-0.4, -0.2) is 12.4 Å². The summed E-state index contributed by atoms with van der Waals surface area (Å²) < 4.78 is 11.7. The first kappa shape index (κ1) is 11.1. The van der Waals surface area contributed by atoms with Gasteiger partial charge in [0.05, 0.1) is 6.61 Å². The Bertz CT molecular complexity index is 446.